The van der Waals surface area contributed by atoms with Crippen molar-refractivity contribution in [2.45, 2.75) is 45.4 Å². The van der Waals surface area contributed by atoms with E-state index in [-0.39, 0.29) is 60.8 Å². The lowest BCUT2D eigenvalue weighted by Crippen LogP contribution is -2.54. The van der Waals surface area contributed by atoms with Crippen LogP contribution in [0.15, 0.2) is 12.4 Å². The van der Waals surface area contributed by atoms with Crippen molar-refractivity contribution in [3.63, 3.8) is 0 Å². The van der Waals surface area contributed by atoms with Crippen LogP contribution in [0.5, 0.6) is 0 Å². The molecule has 0 aromatic carbocycles. The Hall–Kier alpha value is -3.34. The van der Waals surface area contributed by atoms with Crippen LogP contribution in [-0.2, 0) is 30.3 Å². The third-order valence-electron chi connectivity index (χ3n) is 5.59. The second-order valence-corrected chi connectivity index (χ2v) is 9.21. The Bertz CT molecular complexity index is 1270. The van der Waals surface area contributed by atoms with Gasteiger partial charge in [-0.05, 0) is 13.8 Å². The number of aliphatic hydroxyl groups is 1. The quantitative estimate of drug-likeness (QED) is 0.483. The van der Waals surface area contributed by atoms with Gasteiger partial charge in [0, 0.05) is 43.6 Å². The average molecular weight is 550 g/mol. The highest BCUT2D eigenvalue weighted by Crippen LogP contribution is 2.43. The fourth-order valence-electron chi connectivity index (χ4n) is 3.86. The van der Waals surface area contributed by atoms with E-state index in [9.17, 15) is 36.2 Å². The summed E-state index contributed by atoms with van der Waals surface area (Å²) in [6.07, 6.45) is -7.99. The summed E-state index contributed by atoms with van der Waals surface area (Å²) < 4.78 is 80.2. The molecule has 0 radical (unpaired) electrons. The molecule has 3 aromatic rings. The Morgan fingerprint density at radius 1 is 1.11 bits per heavy atom. The third kappa shape index (κ3) is 5.66. The molecule has 1 atom stereocenters. The van der Waals surface area contributed by atoms with E-state index in [1.165, 1.54) is 4.68 Å². The first-order valence-corrected chi connectivity index (χ1v) is 11.6. The van der Waals surface area contributed by atoms with Crippen molar-refractivity contribution in [2.75, 3.05) is 24.5 Å². The standard InChI is InChI=1S/C20H20F6N8O2S/c1-10-7-32(3-4-33(10)14(36)8-34-11(2)29-13(9-35)31-34)16-15(30-18(37-16)20(24,25)26)12-5-27-17(28-6-12)19(21,22)23/h5-6,10,35H,3-4,7-9H2,1-2H3. The zero-order chi connectivity index (χ0) is 27.1. The zero-order valence-electron chi connectivity index (χ0n) is 19.4. The van der Waals surface area contributed by atoms with E-state index in [0.717, 1.165) is 12.4 Å². The van der Waals surface area contributed by atoms with Crippen molar-refractivity contribution in [3.8, 4) is 11.3 Å². The molecule has 0 spiro atoms. The molecular formula is C20H20F6N8O2S. The number of anilines is 1. The number of aromatic nitrogens is 6. The molecule has 200 valence electrons. The molecule has 1 amide bonds. The van der Waals surface area contributed by atoms with E-state index >= 15 is 0 Å². The fourth-order valence-corrected chi connectivity index (χ4v) is 4.85. The van der Waals surface area contributed by atoms with Gasteiger partial charge in [0.25, 0.3) is 0 Å². The topological polar surface area (TPSA) is 113 Å². The van der Waals surface area contributed by atoms with E-state index in [0.29, 0.717) is 17.2 Å². The number of nitrogens with zero attached hydrogens (tertiary/aromatic N) is 8. The molecular weight excluding hydrogens is 530 g/mol. The van der Waals surface area contributed by atoms with Crippen molar-refractivity contribution in [1.29, 1.82) is 0 Å². The maximum atomic E-state index is 13.5. The Morgan fingerprint density at radius 3 is 2.32 bits per heavy atom. The number of hydrogen-bond acceptors (Lipinski definition) is 9. The molecule has 1 unspecified atom stereocenters. The van der Waals surface area contributed by atoms with E-state index in [1.807, 2.05) is 0 Å². The van der Waals surface area contributed by atoms with E-state index in [2.05, 4.69) is 25.0 Å². The molecule has 17 heteroatoms. The first-order valence-electron chi connectivity index (χ1n) is 10.8. The molecule has 10 nitrogen and oxygen atoms in total. The van der Waals surface area contributed by atoms with Crippen molar-refractivity contribution >= 4 is 22.2 Å². The summed E-state index contributed by atoms with van der Waals surface area (Å²) in [4.78, 5) is 30.2. The lowest BCUT2D eigenvalue weighted by molar-refractivity contribution is -0.145. The van der Waals surface area contributed by atoms with Gasteiger partial charge in [0.1, 0.15) is 29.7 Å². The number of rotatable bonds is 5. The summed E-state index contributed by atoms with van der Waals surface area (Å²) in [5, 5.41) is 12.1. The Labute approximate surface area is 209 Å². The second kappa shape index (κ2) is 9.85. The van der Waals surface area contributed by atoms with Gasteiger partial charge < -0.3 is 14.9 Å². The lowest BCUT2D eigenvalue weighted by Gasteiger charge is -2.40. The van der Waals surface area contributed by atoms with Crippen molar-refractivity contribution in [2.24, 2.45) is 0 Å². The van der Waals surface area contributed by atoms with Crippen molar-refractivity contribution in [1.82, 2.24) is 34.6 Å². The van der Waals surface area contributed by atoms with Gasteiger partial charge in [0.2, 0.25) is 16.7 Å². The SMILES string of the molecule is Cc1nc(CO)nn1CC(=O)N1CCN(c2sc(C(F)(F)F)nc2-c2cnc(C(F)(F)F)nc2)CC1C. The van der Waals surface area contributed by atoms with Crippen LogP contribution in [0.4, 0.5) is 31.3 Å². The van der Waals surface area contributed by atoms with Gasteiger partial charge in [-0.25, -0.2) is 24.6 Å². The number of amides is 1. The number of alkyl halides is 6. The number of piperazine rings is 1. The van der Waals surface area contributed by atoms with E-state index in [4.69, 9.17) is 0 Å². The highest BCUT2D eigenvalue weighted by molar-refractivity contribution is 7.16. The first kappa shape index (κ1) is 26.7. The molecule has 0 saturated carbocycles. The lowest BCUT2D eigenvalue weighted by atomic mass is 10.1. The molecule has 1 aliphatic heterocycles. The van der Waals surface area contributed by atoms with Crippen molar-refractivity contribution < 1.29 is 36.2 Å². The summed E-state index contributed by atoms with van der Waals surface area (Å²) in [7, 11) is 0. The van der Waals surface area contributed by atoms with Crippen LogP contribution >= 0.6 is 11.3 Å². The number of aryl methyl sites for hydroxylation is 1. The molecule has 37 heavy (non-hydrogen) atoms. The predicted molar refractivity (Wildman–Crippen MR) is 117 cm³/mol. The van der Waals surface area contributed by atoms with E-state index < -0.39 is 29.2 Å². The minimum atomic E-state index is -4.80. The normalized spacial score (nSPS) is 16.9. The zero-order valence-corrected chi connectivity index (χ0v) is 20.2. The number of halogens is 6. The summed E-state index contributed by atoms with van der Waals surface area (Å²) in [6, 6.07) is -0.421. The van der Waals surface area contributed by atoms with Crippen LogP contribution < -0.4 is 4.90 Å². The smallest absolute Gasteiger partial charge is 0.388 e. The maximum absolute atomic E-state index is 13.5. The van der Waals surface area contributed by atoms with Crippen LogP contribution in [0, 0.1) is 6.92 Å². The summed E-state index contributed by atoms with van der Waals surface area (Å²) in [5.41, 5.74) is -0.282. The molecule has 0 aliphatic carbocycles. The first-order chi connectivity index (χ1) is 17.3. The van der Waals surface area contributed by atoms with Gasteiger partial charge in [0.05, 0.1) is 0 Å². The minimum Gasteiger partial charge on any atom is -0.388 e. The van der Waals surface area contributed by atoms with Crippen LogP contribution in [0.2, 0.25) is 0 Å². The number of carbonyl (C=O) groups is 1. The van der Waals surface area contributed by atoms with Gasteiger partial charge >= 0.3 is 12.4 Å². The highest BCUT2D eigenvalue weighted by atomic mass is 32.1. The Balaban J connectivity index is 1.56. The van der Waals surface area contributed by atoms with Gasteiger partial charge in [-0.2, -0.15) is 31.4 Å². The summed E-state index contributed by atoms with van der Waals surface area (Å²) >= 11 is 0.362. The Kier molecular flexibility index (Phi) is 7.11. The second-order valence-electron chi connectivity index (χ2n) is 8.24. The summed E-state index contributed by atoms with van der Waals surface area (Å²) in [5.74, 6) is -1.09. The van der Waals surface area contributed by atoms with Crippen LogP contribution in [0.1, 0.15) is 29.4 Å². The van der Waals surface area contributed by atoms with Gasteiger partial charge in [-0.3, -0.25) is 4.79 Å². The number of aliphatic hydroxyl groups excluding tert-OH is 1. The average Bonchev–Trinajstić information content (AvgIpc) is 3.42. The molecule has 1 saturated heterocycles. The number of carbonyl (C=O) groups excluding carboxylic acids is 1. The number of thiazole rings is 1. The highest BCUT2D eigenvalue weighted by Gasteiger charge is 2.39. The maximum Gasteiger partial charge on any atom is 0.451 e. The van der Waals surface area contributed by atoms with Gasteiger partial charge in [-0.15, -0.1) is 0 Å². The van der Waals surface area contributed by atoms with Gasteiger partial charge in [0.15, 0.2) is 5.82 Å². The molecule has 1 fully saturated rings. The third-order valence-corrected chi connectivity index (χ3v) is 6.75. The molecule has 4 heterocycles. The van der Waals surface area contributed by atoms with E-state index in [1.54, 1.807) is 23.6 Å². The number of hydrogen-bond donors (Lipinski definition) is 1. The predicted octanol–water partition coefficient (Wildman–Crippen LogP) is 2.77. The van der Waals surface area contributed by atoms with Crippen molar-refractivity contribution in [3.05, 3.63) is 34.9 Å². The van der Waals surface area contributed by atoms with Crippen LogP contribution in [-0.4, -0.2) is 71.3 Å². The molecule has 0 bridgehead atoms. The Morgan fingerprint density at radius 2 is 1.78 bits per heavy atom. The molecule has 1 aliphatic rings. The molecule has 3 aromatic heterocycles. The van der Waals surface area contributed by atoms with Crippen LogP contribution in [0.25, 0.3) is 11.3 Å². The fraction of sp³-hybridized carbons (Fsp3) is 0.500. The molecule has 1 N–H and O–H groups in total. The van der Waals surface area contributed by atoms with Gasteiger partial charge in [-0.1, -0.05) is 11.3 Å². The minimum absolute atomic E-state index is 0.0920. The summed E-state index contributed by atoms with van der Waals surface area (Å²) in [6.45, 7) is 3.33. The monoisotopic (exact) mass is 550 g/mol. The molecule has 4 rings (SSSR count). The largest absolute Gasteiger partial charge is 0.451 e. The van der Waals surface area contributed by atoms with Crippen LogP contribution in [0.3, 0.4) is 0 Å².